The van der Waals surface area contributed by atoms with Crippen molar-refractivity contribution in [1.82, 2.24) is 4.98 Å². The van der Waals surface area contributed by atoms with Gasteiger partial charge in [0, 0.05) is 18.9 Å². The van der Waals surface area contributed by atoms with Crippen molar-refractivity contribution in [1.29, 1.82) is 0 Å². The van der Waals surface area contributed by atoms with E-state index in [-0.39, 0.29) is 16.6 Å². The molecule has 7 nitrogen and oxygen atoms in total. The molecule has 0 unspecified atom stereocenters. The number of ether oxygens (including phenoxy) is 2. The first-order valence-corrected chi connectivity index (χ1v) is 9.07. The molecule has 8 heteroatoms. The number of hydrogen-bond donors (Lipinski definition) is 2. The number of rotatable bonds is 2. The van der Waals surface area contributed by atoms with Crippen molar-refractivity contribution in [3.05, 3.63) is 11.6 Å². The van der Waals surface area contributed by atoms with Gasteiger partial charge in [-0.1, -0.05) is 0 Å². The Kier molecular flexibility index (Phi) is 4.56. The number of aromatic nitrogens is 1. The van der Waals surface area contributed by atoms with Crippen LogP contribution >= 0.6 is 11.8 Å². The Hall–Kier alpha value is -2.35. The van der Waals surface area contributed by atoms with Crippen LogP contribution in [0.3, 0.4) is 0 Å². The van der Waals surface area contributed by atoms with Crippen molar-refractivity contribution in [3.63, 3.8) is 0 Å². The number of anilines is 1. The van der Waals surface area contributed by atoms with Crippen molar-refractivity contribution >= 4 is 39.6 Å². The number of carbonyl (C=O) groups excluding carboxylic acids is 2. The summed E-state index contributed by atoms with van der Waals surface area (Å²) in [7, 11) is 1.45. The summed E-state index contributed by atoms with van der Waals surface area (Å²) < 4.78 is 10.8. The number of aromatic amines is 1. The molecule has 1 aromatic carbocycles. The lowest BCUT2D eigenvalue weighted by Gasteiger charge is -2.25. The normalized spacial score (nSPS) is 13.8. The van der Waals surface area contributed by atoms with Gasteiger partial charge in [-0.05, 0) is 50.6 Å². The third kappa shape index (κ3) is 3.21. The molecule has 0 atom stereocenters. The van der Waals surface area contributed by atoms with Gasteiger partial charge in [0.05, 0.1) is 23.3 Å². The smallest absolute Gasteiger partial charge is 0.414 e. The van der Waals surface area contributed by atoms with E-state index in [9.17, 15) is 14.7 Å². The Bertz CT molecular complexity index is 897. The van der Waals surface area contributed by atoms with Crippen molar-refractivity contribution in [3.8, 4) is 11.5 Å². The van der Waals surface area contributed by atoms with Gasteiger partial charge in [0.2, 0.25) is 0 Å². The van der Waals surface area contributed by atoms with Gasteiger partial charge in [0.15, 0.2) is 16.6 Å². The molecule has 1 amide bonds. The molecule has 0 saturated carbocycles. The van der Waals surface area contributed by atoms with E-state index in [1.54, 1.807) is 20.8 Å². The molecule has 2 aromatic rings. The Labute approximate surface area is 155 Å². The van der Waals surface area contributed by atoms with Crippen molar-refractivity contribution in [2.24, 2.45) is 0 Å². The molecule has 26 heavy (non-hydrogen) atoms. The van der Waals surface area contributed by atoms with E-state index in [1.165, 1.54) is 18.9 Å². The number of benzene rings is 1. The molecule has 3 rings (SSSR count). The number of fused-ring (bicyclic) bond motifs is 3. The van der Waals surface area contributed by atoms with E-state index < -0.39 is 11.7 Å². The van der Waals surface area contributed by atoms with Gasteiger partial charge in [0.25, 0.3) is 0 Å². The molecular weight excluding hydrogens is 356 g/mol. The van der Waals surface area contributed by atoms with Gasteiger partial charge in [-0.3, -0.25) is 9.69 Å². The number of aromatic hydroxyl groups is 1. The highest BCUT2D eigenvalue weighted by molar-refractivity contribution is 8.13. The summed E-state index contributed by atoms with van der Waals surface area (Å²) in [6.45, 7) is 7.27. The van der Waals surface area contributed by atoms with Crippen LogP contribution in [0.4, 0.5) is 10.5 Å². The van der Waals surface area contributed by atoms with Gasteiger partial charge in [-0.2, -0.15) is 0 Å². The summed E-state index contributed by atoms with van der Waals surface area (Å²) in [4.78, 5) is 28.5. The molecule has 1 aromatic heterocycles. The summed E-state index contributed by atoms with van der Waals surface area (Å²) in [6.07, 6.45) is 0.0619. The molecule has 0 aliphatic carbocycles. The Morgan fingerprint density at radius 3 is 2.62 bits per heavy atom. The van der Waals surface area contributed by atoms with Crippen molar-refractivity contribution < 1.29 is 24.2 Å². The second-order valence-corrected chi connectivity index (χ2v) is 8.33. The zero-order valence-electron chi connectivity index (χ0n) is 15.4. The molecule has 0 radical (unpaired) electrons. The molecule has 0 saturated heterocycles. The number of phenols is 1. The van der Waals surface area contributed by atoms with Gasteiger partial charge >= 0.3 is 6.09 Å². The fourth-order valence-corrected chi connectivity index (χ4v) is 3.77. The van der Waals surface area contributed by atoms with Crippen LogP contribution in [0.25, 0.3) is 10.9 Å². The number of methoxy groups -OCH3 is 1. The van der Waals surface area contributed by atoms with Gasteiger partial charge in [0.1, 0.15) is 5.60 Å². The second-order valence-electron chi connectivity index (χ2n) is 7.11. The van der Waals surface area contributed by atoms with Crippen LogP contribution in [0.2, 0.25) is 0 Å². The summed E-state index contributed by atoms with van der Waals surface area (Å²) in [5.41, 5.74) is 1.21. The minimum absolute atomic E-state index is 0.0493. The maximum atomic E-state index is 12.6. The number of thioether (sulfide) groups is 1. The van der Waals surface area contributed by atoms with Crippen LogP contribution in [0.15, 0.2) is 11.1 Å². The fraction of sp³-hybridized carbons (Fsp3) is 0.444. The van der Waals surface area contributed by atoms with E-state index in [0.29, 0.717) is 29.2 Å². The molecular formula is C18H22N2O5S. The minimum Gasteiger partial charge on any atom is -0.503 e. The van der Waals surface area contributed by atoms with Gasteiger partial charge in [-0.15, -0.1) is 0 Å². The predicted molar refractivity (Wildman–Crippen MR) is 100 cm³/mol. The first-order valence-electron chi connectivity index (χ1n) is 8.26. The zero-order valence-corrected chi connectivity index (χ0v) is 16.2. The number of nitrogens with zero attached hydrogens (tertiary/aromatic N) is 1. The first kappa shape index (κ1) is 18.4. The molecule has 2 N–H and O–H groups in total. The van der Waals surface area contributed by atoms with Crippen LogP contribution in [0, 0.1) is 0 Å². The summed E-state index contributed by atoms with van der Waals surface area (Å²) in [5, 5.41) is 12.2. The molecule has 0 fully saturated rings. The number of carbonyl (C=O) groups is 2. The molecule has 0 spiro atoms. The second kappa shape index (κ2) is 6.42. The predicted octanol–water partition coefficient (Wildman–Crippen LogP) is 3.82. The average Bonchev–Trinajstić information content (AvgIpc) is 3.09. The van der Waals surface area contributed by atoms with E-state index in [0.717, 1.165) is 22.7 Å². The van der Waals surface area contributed by atoms with Gasteiger partial charge in [-0.25, -0.2) is 4.79 Å². The summed E-state index contributed by atoms with van der Waals surface area (Å²) >= 11 is 1.07. The van der Waals surface area contributed by atoms with Crippen LogP contribution in [-0.4, -0.2) is 40.6 Å². The molecule has 0 bridgehead atoms. The fourth-order valence-electron chi connectivity index (χ4n) is 3.13. The maximum Gasteiger partial charge on any atom is 0.414 e. The third-order valence-corrected chi connectivity index (χ3v) is 4.72. The molecule has 140 valence electrons. The Morgan fingerprint density at radius 2 is 2.04 bits per heavy atom. The van der Waals surface area contributed by atoms with E-state index in [2.05, 4.69) is 4.98 Å². The van der Waals surface area contributed by atoms with Gasteiger partial charge < -0.3 is 19.6 Å². The van der Waals surface area contributed by atoms with E-state index in [4.69, 9.17) is 9.47 Å². The average molecular weight is 378 g/mol. The number of hydrogen-bond acceptors (Lipinski definition) is 6. The Balaban J connectivity index is 2.14. The SMILES string of the molecule is COc1c(O)c2c(c3cc(SC(C)=O)[nH]c13)CCN2C(=O)OC(C)(C)C. The molecule has 1 aliphatic heterocycles. The molecule has 2 heterocycles. The highest BCUT2D eigenvalue weighted by atomic mass is 32.2. The quantitative estimate of drug-likeness (QED) is 0.772. The lowest BCUT2D eigenvalue weighted by molar-refractivity contribution is -0.109. The van der Waals surface area contributed by atoms with Crippen molar-refractivity contribution in [2.45, 2.75) is 44.7 Å². The third-order valence-electron chi connectivity index (χ3n) is 4.00. The first-order chi connectivity index (χ1) is 12.1. The number of H-pyrrole nitrogens is 1. The lowest BCUT2D eigenvalue weighted by Crippen LogP contribution is -2.35. The molecule has 1 aliphatic rings. The van der Waals surface area contributed by atoms with Crippen molar-refractivity contribution in [2.75, 3.05) is 18.6 Å². The van der Waals surface area contributed by atoms with Crippen LogP contribution < -0.4 is 9.64 Å². The highest BCUT2D eigenvalue weighted by Gasteiger charge is 2.35. The van der Waals surface area contributed by atoms with E-state index in [1.807, 2.05) is 6.07 Å². The minimum atomic E-state index is -0.636. The number of phenolic OH excluding ortho intramolecular Hbond substituents is 1. The summed E-state index contributed by atoms with van der Waals surface area (Å²) in [6, 6.07) is 1.85. The zero-order chi connectivity index (χ0) is 19.2. The monoisotopic (exact) mass is 378 g/mol. The standard InChI is InChI=1S/C18H22N2O5S/c1-9(21)26-12-8-11-10-6-7-20(17(23)25-18(2,3)4)14(10)15(22)16(24-5)13(11)19-12/h8,19,22H,6-7H2,1-5H3. The van der Waals surface area contributed by atoms with Crippen LogP contribution in [0.1, 0.15) is 33.3 Å². The Morgan fingerprint density at radius 1 is 1.35 bits per heavy atom. The maximum absolute atomic E-state index is 12.6. The topological polar surface area (TPSA) is 91.9 Å². The lowest BCUT2D eigenvalue weighted by atomic mass is 10.1. The van der Waals surface area contributed by atoms with E-state index >= 15 is 0 Å². The summed E-state index contributed by atoms with van der Waals surface area (Å²) in [5.74, 6) is 0.129. The number of nitrogens with one attached hydrogen (secondary N) is 1. The highest BCUT2D eigenvalue weighted by Crippen LogP contribution is 2.49. The van der Waals surface area contributed by atoms with Crippen LogP contribution in [0.5, 0.6) is 11.5 Å². The number of amides is 1. The van der Waals surface area contributed by atoms with Crippen LogP contribution in [-0.2, 0) is 16.0 Å². The largest absolute Gasteiger partial charge is 0.503 e.